The van der Waals surface area contributed by atoms with Crippen LogP contribution >= 0.6 is 15.9 Å². The molecule has 1 amide bonds. The van der Waals surface area contributed by atoms with Crippen LogP contribution in [0.5, 0.6) is 0 Å². The fraction of sp³-hybridized carbons (Fsp3) is 0.333. The van der Waals surface area contributed by atoms with E-state index in [1.54, 1.807) is 13.8 Å². The standard InChI is InChI=1S/C15H16BrNO3/c1-3-20-15(19)14-9(2)17-13(18)8-12(14)10-4-6-11(16)7-5-10/h4-7,12H,3,8H2,1-2H3,(H,17,18). The number of amides is 1. The first-order valence-electron chi connectivity index (χ1n) is 6.46. The van der Waals surface area contributed by atoms with Crippen LogP contribution in [0.25, 0.3) is 0 Å². The molecule has 0 radical (unpaired) electrons. The summed E-state index contributed by atoms with van der Waals surface area (Å²) in [7, 11) is 0. The van der Waals surface area contributed by atoms with E-state index in [2.05, 4.69) is 21.2 Å². The van der Waals surface area contributed by atoms with Crippen LogP contribution in [0.4, 0.5) is 0 Å². The van der Waals surface area contributed by atoms with Crippen LogP contribution in [0.2, 0.25) is 0 Å². The summed E-state index contributed by atoms with van der Waals surface area (Å²) in [4.78, 5) is 23.9. The average molecular weight is 338 g/mol. The van der Waals surface area contributed by atoms with Gasteiger partial charge < -0.3 is 10.1 Å². The summed E-state index contributed by atoms with van der Waals surface area (Å²) in [5.41, 5.74) is 2.05. The van der Waals surface area contributed by atoms with Crippen LogP contribution in [0, 0.1) is 0 Å². The summed E-state index contributed by atoms with van der Waals surface area (Å²) in [5.74, 6) is -0.697. The molecule has 5 heteroatoms. The van der Waals surface area contributed by atoms with E-state index < -0.39 is 0 Å². The van der Waals surface area contributed by atoms with E-state index >= 15 is 0 Å². The summed E-state index contributed by atoms with van der Waals surface area (Å²) in [6.45, 7) is 3.82. The van der Waals surface area contributed by atoms with E-state index in [1.807, 2.05) is 24.3 Å². The maximum atomic E-state index is 12.1. The smallest absolute Gasteiger partial charge is 0.336 e. The van der Waals surface area contributed by atoms with E-state index in [4.69, 9.17) is 4.74 Å². The molecule has 1 heterocycles. The molecule has 1 aliphatic rings. The summed E-state index contributed by atoms with van der Waals surface area (Å²) in [5, 5.41) is 2.71. The molecular formula is C15H16BrNO3. The molecule has 0 saturated heterocycles. The SMILES string of the molecule is CCOC(=O)C1=C(C)NC(=O)CC1c1ccc(Br)cc1. The Morgan fingerprint density at radius 1 is 1.40 bits per heavy atom. The first kappa shape index (κ1) is 14.8. The lowest BCUT2D eigenvalue weighted by molar-refractivity contribution is -0.139. The molecular weight excluding hydrogens is 322 g/mol. The molecule has 4 nitrogen and oxygen atoms in total. The number of hydrogen-bond donors (Lipinski definition) is 1. The number of nitrogens with one attached hydrogen (secondary N) is 1. The summed E-state index contributed by atoms with van der Waals surface area (Å²) in [6.07, 6.45) is 0.257. The van der Waals surface area contributed by atoms with E-state index in [9.17, 15) is 9.59 Å². The third-order valence-corrected chi connectivity index (χ3v) is 3.77. The van der Waals surface area contributed by atoms with Crippen molar-refractivity contribution in [1.29, 1.82) is 0 Å². The number of halogens is 1. The highest BCUT2D eigenvalue weighted by atomic mass is 79.9. The Morgan fingerprint density at radius 2 is 2.05 bits per heavy atom. The van der Waals surface area contributed by atoms with Gasteiger partial charge in [0.25, 0.3) is 0 Å². The number of benzene rings is 1. The van der Waals surface area contributed by atoms with Crippen LogP contribution in [0.3, 0.4) is 0 Å². The van der Waals surface area contributed by atoms with Gasteiger partial charge in [0.15, 0.2) is 0 Å². The van der Waals surface area contributed by atoms with Crippen molar-refractivity contribution in [2.24, 2.45) is 0 Å². The van der Waals surface area contributed by atoms with Crippen molar-refractivity contribution in [1.82, 2.24) is 5.32 Å². The summed E-state index contributed by atoms with van der Waals surface area (Å²) >= 11 is 3.38. The molecule has 0 aromatic heterocycles. The van der Waals surface area contributed by atoms with Gasteiger partial charge in [-0.1, -0.05) is 28.1 Å². The first-order valence-corrected chi connectivity index (χ1v) is 7.25. The zero-order valence-corrected chi connectivity index (χ0v) is 13.0. The topological polar surface area (TPSA) is 55.4 Å². The van der Waals surface area contributed by atoms with Gasteiger partial charge in [-0.3, -0.25) is 4.79 Å². The van der Waals surface area contributed by atoms with Gasteiger partial charge in [-0.15, -0.1) is 0 Å². The second kappa shape index (κ2) is 6.22. The number of carbonyl (C=O) groups is 2. The lowest BCUT2D eigenvalue weighted by Crippen LogP contribution is -2.34. The molecule has 0 fully saturated rings. The second-order valence-corrected chi connectivity index (χ2v) is 5.53. The number of ether oxygens (including phenoxy) is 1. The molecule has 1 unspecified atom stereocenters. The normalized spacial score (nSPS) is 18.8. The minimum Gasteiger partial charge on any atom is -0.463 e. The molecule has 106 valence electrons. The highest BCUT2D eigenvalue weighted by Gasteiger charge is 2.32. The van der Waals surface area contributed by atoms with Gasteiger partial charge in [-0.05, 0) is 31.5 Å². The molecule has 0 bridgehead atoms. The Hall–Kier alpha value is -1.62. The maximum absolute atomic E-state index is 12.1. The minimum atomic E-state index is -0.363. The Kier molecular flexibility index (Phi) is 4.60. The zero-order valence-electron chi connectivity index (χ0n) is 11.4. The predicted molar refractivity (Wildman–Crippen MR) is 79.0 cm³/mol. The van der Waals surface area contributed by atoms with Gasteiger partial charge >= 0.3 is 5.97 Å². The molecule has 1 aromatic rings. The minimum absolute atomic E-state index is 0.0801. The van der Waals surface area contributed by atoms with Crippen LogP contribution in [0.1, 0.15) is 31.7 Å². The third-order valence-electron chi connectivity index (χ3n) is 3.24. The van der Waals surface area contributed by atoms with Crippen LogP contribution in [-0.4, -0.2) is 18.5 Å². The number of hydrogen-bond acceptors (Lipinski definition) is 3. The zero-order chi connectivity index (χ0) is 14.7. The molecule has 20 heavy (non-hydrogen) atoms. The van der Waals surface area contributed by atoms with Crippen LogP contribution in [-0.2, 0) is 14.3 Å². The van der Waals surface area contributed by atoms with Crippen molar-refractivity contribution < 1.29 is 14.3 Å². The van der Waals surface area contributed by atoms with Crippen molar-refractivity contribution in [2.75, 3.05) is 6.61 Å². The van der Waals surface area contributed by atoms with Gasteiger partial charge in [-0.2, -0.15) is 0 Å². The summed E-state index contributed by atoms with van der Waals surface area (Å²) < 4.78 is 6.06. The average Bonchev–Trinajstić information content (AvgIpc) is 2.38. The molecule has 0 aliphatic carbocycles. The van der Waals surface area contributed by atoms with Crippen molar-refractivity contribution in [3.05, 3.63) is 45.6 Å². The highest BCUT2D eigenvalue weighted by molar-refractivity contribution is 9.10. The monoisotopic (exact) mass is 337 g/mol. The molecule has 0 spiro atoms. The first-order chi connectivity index (χ1) is 9.52. The Morgan fingerprint density at radius 3 is 2.65 bits per heavy atom. The van der Waals surface area contributed by atoms with Gasteiger partial charge in [0.05, 0.1) is 12.2 Å². The quantitative estimate of drug-likeness (QED) is 0.863. The number of esters is 1. The highest BCUT2D eigenvalue weighted by Crippen LogP contribution is 2.33. The number of rotatable bonds is 3. The van der Waals surface area contributed by atoms with Gasteiger partial charge in [0, 0.05) is 22.5 Å². The van der Waals surface area contributed by atoms with Crippen LogP contribution in [0.15, 0.2) is 40.0 Å². The Labute approximate surface area is 126 Å². The molecule has 1 N–H and O–H groups in total. The lowest BCUT2D eigenvalue weighted by atomic mass is 9.84. The summed E-state index contributed by atoms with van der Waals surface area (Å²) in [6, 6.07) is 7.64. The molecule has 1 aromatic carbocycles. The van der Waals surface area contributed by atoms with E-state index in [0.29, 0.717) is 17.9 Å². The van der Waals surface area contributed by atoms with Gasteiger partial charge in [0.1, 0.15) is 0 Å². The third kappa shape index (κ3) is 3.10. The van der Waals surface area contributed by atoms with Crippen molar-refractivity contribution >= 4 is 27.8 Å². The maximum Gasteiger partial charge on any atom is 0.336 e. The fourth-order valence-corrected chi connectivity index (χ4v) is 2.62. The molecule has 1 aliphatic heterocycles. The molecule has 1 atom stereocenters. The predicted octanol–water partition coefficient (Wildman–Crippen LogP) is 2.89. The van der Waals surface area contributed by atoms with Gasteiger partial charge in [-0.25, -0.2) is 4.79 Å². The Balaban J connectivity index is 2.41. The van der Waals surface area contributed by atoms with Crippen molar-refractivity contribution in [2.45, 2.75) is 26.2 Å². The van der Waals surface area contributed by atoms with Crippen LogP contribution < -0.4 is 5.32 Å². The molecule has 2 rings (SSSR count). The lowest BCUT2D eigenvalue weighted by Gasteiger charge is -2.26. The second-order valence-electron chi connectivity index (χ2n) is 4.62. The van der Waals surface area contributed by atoms with Gasteiger partial charge in [0.2, 0.25) is 5.91 Å². The van der Waals surface area contributed by atoms with E-state index in [-0.39, 0.29) is 24.2 Å². The largest absolute Gasteiger partial charge is 0.463 e. The van der Waals surface area contributed by atoms with E-state index in [1.165, 1.54) is 0 Å². The fourth-order valence-electron chi connectivity index (χ4n) is 2.36. The number of allylic oxidation sites excluding steroid dienone is 1. The Bertz CT molecular complexity index is 563. The van der Waals surface area contributed by atoms with Crippen molar-refractivity contribution in [3.63, 3.8) is 0 Å². The molecule has 0 saturated carbocycles. The van der Waals surface area contributed by atoms with E-state index in [0.717, 1.165) is 10.0 Å². The number of carbonyl (C=O) groups excluding carboxylic acids is 2. The van der Waals surface area contributed by atoms with Crippen molar-refractivity contribution in [3.8, 4) is 0 Å².